The molecule has 1 N–H and O–H groups in total. The van der Waals surface area contributed by atoms with E-state index < -0.39 is 5.82 Å². The summed E-state index contributed by atoms with van der Waals surface area (Å²) in [7, 11) is 0. The minimum atomic E-state index is -0.431. The molecule has 0 aliphatic rings. The summed E-state index contributed by atoms with van der Waals surface area (Å²) in [6.45, 7) is 1.06. The van der Waals surface area contributed by atoms with E-state index in [2.05, 4.69) is 21.2 Å². The Morgan fingerprint density at radius 2 is 1.74 bits per heavy atom. The molecule has 0 aliphatic carbocycles. The number of halogens is 4. The predicted molar refractivity (Wildman–Crippen MR) is 76.1 cm³/mol. The highest BCUT2D eigenvalue weighted by Crippen LogP contribution is 2.17. The van der Waals surface area contributed by atoms with Crippen LogP contribution in [0.4, 0.5) is 8.78 Å². The average molecular weight is 347 g/mol. The highest BCUT2D eigenvalue weighted by atomic mass is 79.9. The fourth-order valence-electron chi connectivity index (χ4n) is 1.71. The molecule has 0 aliphatic heterocycles. The minimum absolute atomic E-state index is 0.104. The molecule has 0 bridgehead atoms. The molecule has 0 amide bonds. The zero-order valence-corrected chi connectivity index (χ0v) is 12.2. The van der Waals surface area contributed by atoms with Crippen LogP contribution in [0.25, 0.3) is 0 Å². The molecule has 0 fully saturated rings. The van der Waals surface area contributed by atoms with Gasteiger partial charge in [-0.05, 0) is 41.5 Å². The Hall–Kier alpha value is -0.970. The zero-order valence-electron chi connectivity index (χ0n) is 9.89. The van der Waals surface area contributed by atoms with Gasteiger partial charge in [-0.3, -0.25) is 0 Å². The van der Waals surface area contributed by atoms with Crippen molar-refractivity contribution in [1.29, 1.82) is 0 Å². The lowest BCUT2D eigenvalue weighted by Gasteiger charge is -2.07. The van der Waals surface area contributed by atoms with Crippen molar-refractivity contribution < 1.29 is 8.78 Å². The van der Waals surface area contributed by atoms with Crippen LogP contribution >= 0.6 is 27.5 Å². The van der Waals surface area contributed by atoms with E-state index in [1.165, 1.54) is 18.2 Å². The molecule has 2 aromatic carbocycles. The second kappa shape index (κ2) is 6.46. The van der Waals surface area contributed by atoms with Crippen molar-refractivity contribution in [2.24, 2.45) is 0 Å². The molecule has 0 unspecified atom stereocenters. The fourth-order valence-corrected chi connectivity index (χ4v) is 2.43. The van der Waals surface area contributed by atoms with Crippen molar-refractivity contribution in [3.05, 3.63) is 68.7 Å². The summed E-state index contributed by atoms with van der Waals surface area (Å²) in [5, 5.41) is 3.25. The second-order valence-electron chi connectivity index (χ2n) is 4.13. The van der Waals surface area contributed by atoms with Crippen LogP contribution in [0.15, 0.2) is 40.9 Å². The van der Waals surface area contributed by atoms with Gasteiger partial charge in [0.25, 0.3) is 0 Å². The topological polar surface area (TPSA) is 12.0 Å². The van der Waals surface area contributed by atoms with Gasteiger partial charge in [-0.15, -0.1) is 0 Å². The van der Waals surface area contributed by atoms with E-state index in [0.717, 1.165) is 11.1 Å². The Labute approximate surface area is 123 Å². The smallest absolute Gasteiger partial charge is 0.141 e. The largest absolute Gasteiger partial charge is 0.309 e. The highest BCUT2D eigenvalue weighted by molar-refractivity contribution is 9.10. The molecule has 100 valence electrons. The maximum Gasteiger partial charge on any atom is 0.141 e. The molecule has 0 saturated heterocycles. The fraction of sp³-hybridized carbons (Fsp3) is 0.143. The monoisotopic (exact) mass is 345 g/mol. The molecule has 1 nitrogen and oxygen atoms in total. The third-order valence-corrected chi connectivity index (χ3v) is 3.31. The van der Waals surface area contributed by atoms with Gasteiger partial charge in [0.1, 0.15) is 11.6 Å². The quantitative estimate of drug-likeness (QED) is 0.848. The van der Waals surface area contributed by atoms with E-state index >= 15 is 0 Å². The second-order valence-corrected chi connectivity index (χ2v) is 5.45. The van der Waals surface area contributed by atoms with Gasteiger partial charge in [-0.25, -0.2) is 8.78 Å². The molecule has 2 rings (SSSR count). The van der Waals surface area contributed by atoms with E-state index in [1.807, 2.05) is 6.07 Å². The normalized spacial score (nSPS) is 10.7. The number of benzene rings is 2. The molecule has 0 saturated carbocycles. The van der Waals surface area contributed by atoms with Crippen LogP contribution in [-0.4, -0.2) is 0 Å². The first-order valence-corrected chi connectivity index (χ1v) is 6.81. The Balaban J connectivity index is 1.94. The Morgan fingerprint density at radius 1 is 1.00 bits per heavy atom. The van der Waals surface area contributed by atoms with Crippen LogP contribution in [0.5, 0.6) is 0 Å². The van der Waals surface area contributed by atoms with Crippen molar-refractivity contribution >= 4 is 27.5 Å². The van der Waals surface area contributed by atoms with Crippen molar-refractivity contribution in [1.82, 2.24) is 5.32 Å². The van der Waals surface area contributed by atoms with Gasteiger partial charge in [0.2, 0.25) is 0 Å². The zero-order chi connectivity index (χ0) is 13.8. The van der Waals surface area contributed by atoms with Crippen molar-refractivity contribution in [2.45, 2.75) is 13.1 Å². The van der Waals surface area contributed by atoms with Crippen molar-refractivity contribution in [2.75, 3.05) is 0 Å². The van der Waals surface area contributed by atoms with E-state index in [-0.39, 0.29) is 10.8 Å². The van der Waals surface area contributed by atoms with Gasteiger partial charge >= 0.3 is 0 Å². The lowest BCUT2D eigenvalue weighted by Crippen LogP contribution is -2.12. The van der Waals surface area contributed by atoms with E-state index in [4.69, 9.17) is 11.6 Å². The number of rotatable bonds is 4. The van der Waals surface area contributed by atoms with Crippen LogP contribution in [0.2, 0.25) is 5.02 Å². The van der Waals surface area contributed by atoms with Gasteiger partial charge in [0, 0.05) is 17.6 Å². The molecular weight excluding hydrogens is 336 g/mol. The summed E-state index contributed by atoms with van der Waals surface area (Å²) in [6.07, 6.45) is 0. The van der Waals surface area contributed by atoms with E-state index in [0.29, 0.717) is 17.6 Å². The van der Waals surface area contributed by atoms with Gasteiger partial charge in [-0.1, -0.05) is 33.6 Å². The number of hydrogen-bond acceptors (Lipinski definition) is 1. The maximum atomic E-state index is 13.2. The van der Waals surface area contributed by atoms with Crippen molar-refractivity contribution in [3.63, 3.8) is 0 Å². The number of nitrogens with one attached hydrogen (secondary N) is 1. The van der Waals surface area contributed by atoms with Gasteiger partial charge in [0.05, 0.1) is 5.02 Å². The van der Waals surface area contributed by atoms with E-state index in [1.54, 1.807) is 12.1 Å². The van der Waals surface area contributed by atoms with Gasteiger partial charge in [-0.2, -0.15) is 0 Å². The SMILES string of the molecule is Fc1cc(Br)cc(CNCc2ccc(F)c(Cl)c2)c1. The maximum absolute atomic E-state index is 13.2. The third kappa shape index (κ3) is 4.27. The molecular formula is C14H11BrClF2N. The molecule has 0 heterocycles. The standard InChI is InChI=1S/C14H11BrClF2N/c15-11-3-10(4-12(17)6-11)8-19-7-9-1-2-14(18)13(16)5-9/h1-6,19H,7-8H2. The molecule has 0 radical (unpaired) electrons. The summed E-state index contributed by atoms with van der Waals surface area (Å²) in [5.41, 5.74) is 1.71. The lowest BCUT2D eigenvalue weighted by molar-refractivity contribution is 0.617. The summed E-state index contributed by atoms with van der Waals surface area (Å²) in [5.74, 6) is -0.713. The lowest BCUT2D eigenvalue weighted by atomic mass is 10.2. The van der Waals surface area contributed by atoms with Crippen LogP contribution in [-0.2, 0) is 13.1 Å². The summed E-state index contributed by atoms with van der Waals surface area (Å²) in [4.78, 5) is 0. The average Bonchev–Trinajstić information content (AvgIpc) is 2.32. The first-order chi connectivity index (χ1) is 9.04. The Bertz CT molecular complexity index is 569. The molecule has 0 spiro atoms. The number of hydrogen-bond donors (Lipinski definition) is 1. The van der Waals surface area contributed by atoms with Gasteiger partial charge < -0.3 is 5.32 Å². The molecule has 0 aromatic heterocycles. The van der Waals surface area contributed by atoms with E-state index in [9.17, 15) is 8.78 Å². The Kier molecular flexibility index (Phi) is 4.91. The highest BCUT2D eigenvalue weighted by Gasteiger charge is 2.02. The molecule has 19 heavy (non-hydrogen) atoms. The Morgan fingerprint density at radius 3 is 2.42 bits per heavy atom. The summed E-state index contributed by atoms with van der Waals surface area (Å²) < 4.78 is 26.8. The van der Waals surface area contributed by atoms with Crippen LogP contribution in [0, 0.1) is 11.6 Å². The molecule has 2 aromatic rings. The summed E-state index contributed by atoms with van der Waals surface area (Å²) >= 11 is 8.93. The van der Waals surface area contributed by atoms with Crippen LogP contribution in [0.3, 0.4) is 0 Å². The van der Waals surface area contributed by atoms with Crippen molar-refractivity contribution in [3.8, 4) is 0 Å². The third-order valence-electron chi connectivity index (χ3n) is 2.56. The van der Waals surface area contributed by atoms with Crippen LogP contribution < -0.4 is 5.32 Å². The minimum Gasteiger partial charge on any atom is -0.309 e. The van der Waals surface area contributed by atoms with Gasteiger partial charge in [0.15, 0.2) is 0 Å². The first-order valence-electron chi connectivity index (χ1n) is 5.64. The molecule has 5 heteroatoms. The summed E-state index contributed by atoms with van der Waals surface area (Å²) in [6, 6.07) is 9.28. The molecule has 0 atom stereocenters. The van der Waals surface area contributed by atoms with Crippen LogP contribution in [0.1, 0.15) is 11.1 Å². The first kappa shape index (κ1) is 14.4. The predicted octanol–water partition coefficient (Wildman–Crippen LogP) is 4.67.